The fraction of sp³-hybridized carbons (Fsp3) is 0.606. The number of para-hydroxylation sites is 1. The van der Waals surface area contributed by atoms with Gasteiger partial charge in [0.25, 0.3) is 5.92 Å². The number of benzene rings is 2. The Morgan fingerprint density at radius 3 is 2.34 bits per heavy atom. The van der Waals surface area contributed by atoms with E-state index in [1.54, 1.807) is 25.3 Å². The molecule has 2 aromatic carbocycles. The van der Waals surface area contributed by atoms with Crippen LogP contribution in [0.25, 0.3) is 0 Å². The highest BCUT2D eigenvalue weighted by Crippen LogP contribution is 2.43. The Hall–Kier alpha value is -3.27. The molecule has 3 N–H and O–H groups in total. The molecule has 3 heterocycles. The molecule has 0 amide bonds. The predicted octanol–water partition coefficient (Wildman–Crippen LogP) is 4.03. The maximum absolute atomic E-state index is 15.2. The molecule has 1 aliphatic carbocycles. The average molecular weight is 672 g/mol. The number of fused-ring (bicyclic) bond motifs is 3. The van der Waals surface area contributed by atoms with Crippen LogP contribution in [0.3, 0.4) is 0 Å². The molecule has 3 aliphatic heterocycles. The lowest BCUT2D eigenvalue weighted by Crippen LogP contribution is -2.59. The number of nitrogens with one attached hydrogen (secondary N) is 1. The maximum atomic E-state index is 15.2. The molecule has 4 aliphatic rings. The molecule has 6 atom stereocenters. The number of rotatable bonds is 8. The smallest absolute Gasteiger partial charge is 0.285 e. The first kappa shape index (κ1) is 38.2. The van der Waals surface area contributed by atoms with E-state index in [1.165, 1.54) is 14.2 Å². The van der Waals surface area contributed by atoms with Crippen LogP contribution in [0.4, 0.5) is 8.78 Å². The fourth-order valence-corrected chi connectivity index (χ4v) is 5.99. The summed E-state index contributed by atoms with van der Waals surface area (Å²) in [5.74, 6) is -0.969. The van der Waals surface area contributed by atoms with Crippen LogP contribution in [0, 0.1) is 5.92 Å². The number of methoxy groups -OCH3 is 3. The van der Waals surface area contributed by atoms with Gasteiger partial charge in [-0.25, -0.2) is 8.78 Å². The van der Waals surface area contributed by atoms with Crippen molar-refractivity contribution in [2.45, 2.75) is 69.5 Å². The third kappa shape index (κ3) is 9.21. The largest absolute Gasteiger partial charge is 0.502 e. The summed E-state index contributed by atoms with van der Waals surface area (Å²) < 4.78 is 72.7. The van der Waals surface area contributed by atoms with Gasteiger partial charge in [0.05, 0.1) is 40.1 Å². The molecule has 0 saturated carbocycles. The number of phenolic OH excluding ortho intramolecular Hbond substituents is 1. The van der Waals surface area contributed by atoms with Crippen molar-refractivity contribution in [2.24, 2.45) is 5.92 Å². The van der Waals surface area contributed by atoms with Gasteiger partial charge in [-0.3, -0.25) is 0 Å². The Bertz CT molecular complexity index is 1230. The number of aliphatic hydroxyl groups excluding tert-OH is 1. The first-order valence-electron chi connectivity index (χ1n) is 15.5. The van der Waals surface area contributed by atoms with Gasteiger partial charge < -0.3 is 58.2 Å². The van der Waals surface area contributed by atoms with Gasteiger partial charge in [-0.15, -0.1) is 0 Å². The minimum atomic E-state index is -3.20. The Morgan fingerprint density at radius 1 is 1.04 bits per heavy atom. The molecule has 2 fully saturated rings. The third-order valence-electron chi connectivity index (χ3n) is 8.20. The van der Waals surface area contributed by atoms with Crippen LogP contribution in [0.1, 0.15) is 43.9 Å². The minimum Gasteiger partial charge on any atom is -0.502 e. The van der Waals surface area contributed by atoms with E-state index in [-0.39, 0.29) is 44.3 Å². The van der Waals surface area contributed by atoms with Crippen molar-refractivity contribution in [3.05, 3.63) is 41.5 Å². The van der Waals surface area contributed by atoms with E-state index in [1.807, 2.05) is 32.8 Å². The second-order valence-electron chi connectivity index (χ2n) is 10.9. The van der Waals surface area contributed by atoms with Gasteiger partial charge in [0, 0.05) is 25.5 Å². The zero-order valence-electron chi connectivity index (χ0n) is 27.5. The van der Waals surface area contributed by atoms with E-state index >= 15 is 8.78 Å². The maximum Gasteiger partial charge on any atom is 0.285 e. The van der Waals surface area contributed by atoms with Crippen molar-refractivity contribution < 1.29 is 61.7 Å². The van der Waals surface area contributed by atoms with E-state index in [0.29, 0.717) is 29.6 Å². The number of aliphatic hydroxyl groups is 1. The molecule has 0 bridgehead atoms. The number of alkyl halides is 2. The first-order chi connectivity index (χ1) is 22.7. The number of carbonyl (C=O) groups excluding carboxylic acids is 1. The highest BCUT2D eigenvalue weighted by molar-refractivity contribution is 5.51. The van der Waals surface area contributed by atoms with Gasteiger partial charge in [-0.2, -0.15) is 0 Å². The Kier molecular flexibility index (Phi) is 14.9. The molecule has 2 aromatic rings. The predicted molar refractivity (Wildman–Crippen MR) is 167 cm³/mol. The average Bonchev–Trinajstić information content (AvgIpc) is 3.56. The first-order valence-corrected chi connectivity index (χ1v) is 15.5. The van der Waals surface area contributed by atoms with E-state index < -0.39 is 36.9 Å². The van der Waals surface area contributed by atoms with Crippen LogP contribution >= 0.6 is 0 Å². The van der Waals surface area contributed by atoms with Crippen molar-refractivity contribution in [1.29, 1.82) is 0 Å². The number of halogens is 2. The van der Waals surface area contributed by atoms with Crippen LogP contribution < -0.4 is 24.3 Å². The third-order valence-corrected chi connectivity index (χ3v) is 8.20. The monoisotopic (exact) mass is 671 g/mol. The summed E-state index contributed by atoms with van der Waals surface area (Å²) in [6, 6.07) is 8.57. The quantitative estimate of drug-likeness (QED) is 0.373. The van der Waals surface area contributed by atoms with E-state index in [0.717, 1.165) is 24.0 Å². The van der Waals surface area contributed by atoms with Crippen LogP contribution in [-0.4, -0.2) is 102 Å². The molecule has 5 unspecified atom stereocenters. The van der Waals surface area contributed by atoms with Gasteiger partial charge in [0.15, 0.2) is 23.0 Å². The number of ether oxygens (including phenoxy) is 8. The fourth-order valence-electron chi connectivity index (χ4n) is 5.99. The standard InChI is InChI=1S/C22H29F2NO7.C8H10O3.C2H6.CH2O/c1-27-7-13-3-2-12-4-16-17(30-11-29-16)5-14(12)20(13)25-9-22(23,24)19-6-15(26)21-18(32-19)8-28-10-31-21;1-10-6-4-3-5-7(11-2)8(6)9;2*1-2/h4-5,13,15,18-21,25-26H,2-3,6-11H2,1H3;3-5,9H,1-2H3;1-2H3;1H2/t13?,15?,18?,19?,20?,21-;;;/m0.../s1. The van der Waals surface area contributed by atoms with E-state index in [9.17, 15) is 10.2 Å². The number of carbonyl (C=O) groups is 1. The normalized spacial score (nSPS) is 25.6. The van der Waals surface area contributed by atoms with Crippen molar-refractivity contribution >= 4 is 6.79 Å². The summed E-state index contributed by atoms with van der Waals surface area (Å²) in [6.07, 6.45) is -2.38. The van der Waals surface area contributed by atoms with Crippen LogP contribution in [-0.2, 0) is 30.2 Å². The summed E-state index contributed by atoms with van der Waals surface area (Å²) in [5, 5.41) is 22.7. The summed E-state index contributed by atoms with van der Waals surface area (Å²) in [4.78, 5) is 8.00. The Labute approximate surface area is 274 Å². The highest BCUT2D eigenvalue weighted by Gasteiger charge is 2.50. The van der Waals surface area contributed by atoms with E-state index in [4.69, 9.17) is 42.7 Å². The summed E-state index contributed by atoms with van der Waals surface area (Å²) >= 11 is 0. The molecule has 6 rings (SSSR count). The SMILES string of the molecule is C=O.CC.COCC1CCc2cc3c(cc2C1NCC(F)(F)C1CC(O)[C@@H]2OCOCC2O1)OCO3.COc1cccc(OC)c1O. The second kappa shape index (κ2) is 18.3. The molecule has 0 spiro atoms. The van der Waals surface area contributed by atoms with Crippen molar-refractivity contribution in [3.63, 3.8) is 0 Å². The Morgan fingerprint density at radius 2 is 1.70 bits per heavy atom. The van der Waals surface area contributed by atoms with Crippen LogP contribution in [0.5, 0.6) is 28.7 Å². The molecule has 0 radical (unpaired) electrons. The molecular weight excluding hydrogens is 624 g/mol. The lowest BCUT2D eigenvalue weighted by Gasteiger charge is -2.44. The molecule has 47 heavy (non-hydrogen) atoms. The highest BCUT2D eigenvalue weighted by atomic mass is 19.3. The number of hydrogen-bond donors (Lipinski definition) is 3. The van der Waals surface area contributed by atoms with Gasteiger partial charge in [-0.05, 0) is 48.2 Å². The topological polar surface area (TPSA) is 143 Å². The lowest BCUT2D eigenvalue weighted by atomic mass is 9.79. The van der Waals surface area contributed by atoms with Gasteiger partial charge in [0.2, 0.25) is 12.5 Å². The zero-order valence-corrected chi connectivity index (χ0v) is 27.5. The van der Waals surface area contributed by atoms with Crippen molar-refractivity contribution in [3.8, 4) is 28.7 Å². The molecular formula is C33H47F2NO11. The van der Waals surface area contributed by atoms with Crippen molar-refractivity contribution in [2.75, 3.05) is 54.7 Å². The summed E-state index contributed by atoms with van der Waals surface area (Å²) in [5.41, 5.74) is 1.99. The van der Waals surface area contributed by atoms with Gasteiger partial charge >= 0.3 is 0 Å². The number of hydrogen-bond acceptors (Lipinski definition) is 12. The molecule has 12 nitrogen and oxygen atoms in total. The number of aromatic hydroxyl groups is 1. The van der Waals surface area contributed by atoms with E-state index in [2.05, 4.69) is 5.32 Å². The van der Waals surface area contributed by atoms with Crippen molar-refractivity contribution in [1.82, 2.24) is 5.32 Å². The molecule has 14 heteroatoms. The summed E-state index contributed by atoms with van der Waals surface area (Å²) in [7, 11) is 4.60. The molecule has 0 aromatic heterocycles. The second-order valence-corrected chi connectivity index (χ2v) is 10.9. The Balaban J connectivity index is 0.000000337. The number of aryl methyl sites for hydroxylation is 1. The van der Waals surface area contributed by atoms with Crippen LogP contribution in [0.15, 0.2) is 30.3 Å². The molecule has 2 saturated heterocycles. The van der Waals surface area contributed by atoms with Gasteiger partial charge in [0.1, 0.15) is 31.9 Å². The summed E-state index contributed by atoms with van der Waals surface area (Å²) in [6.45, 7) is 6.18. The molecule has 264 valence electrons. The zero-order chi connectivity index (χ0) is 34.6. The lowest BCUT2D eigenvalue weighted by molar-refractivity contribution is -0.293. The minimum absolute atomic E-state index is 0.0324. The van der Waals surface area contributed by atoms with Crippen LogP contribution in [0.2, 0.25) is 0 Å². The number of phenols is 1. The van der Waals surface area contributed by atoms with Gasteiger partial charge in [-0.1, -0.05) is 19.9 Å².